The predicted molar refractivity (Wildman–Crippen MR) is 78.3 cm³/mol. The van der Waals surface area contributed by atoms with Gasteiger partial charge < -0.3 is 15.2 Å². The lowest BCUT2D eigenvalue weighted by molar-refractivity contribution is 0.277. The maximum absolute atomic E-state index is 6.02. The molecular weight excluding hydrogens is 254 g/mol. The number of aliphatic imine (C=N–C) groups is 1. The molecule has 1 aromatic rings. The first-order valence-electron chi connectivity index (χ1n) is 7.24. The number of piperidine rings is 1. The zero-order chi connectivity index (χ0) is 14.8. The summed E-state index contributed by atoms with van der Waals surface area (Å²) in [5.41, 5.74) is 5.89. The van der Waals surface area contributed by atoms with Crippen molar-refractivity contribution >= 4 is 5.96 Å². The van der Waals surface area contributed by atoms with Crippen LogP contribution < -0.4 is 5.73 Å². The summed E-state index contributed by atoms with van der Waals surface area (Å²) < 4.78 is 5.24. The fraction of sp³-hybridized carbons (Fsp3) is 0.786. The van der Waals surface area contributed by atoms with Crippen molar-refractivity contribution in [2.24, 2.45) is 16.6 Å². The van der Waals surface area contributed by atoms with Gasteiger partial charge in [0.1, 0.15) is 6.54 Å². The van der Waals surface area contributed by atoms with Gasteiger partial charge in [0.05, 0.1) is 0 Å². The molecule has 0 aliphatic carbocycles. The third-order valence-electron chi connectivity index (χ3n) is 3.60. The largest absolute Gasteiger partial charge is 0.370 e. The standard InChI is InChI=1S/C14H25N5O/c1-10-5-7-19(8-6-10)13(15)16-9-11-17-12(20-18-11)14(2,3)4/h10H,5-9H2,1-4H3,(H2,15,16). The van der Waals surface area contributed by atoms with Crippen molar-refractivity contribution in [1.82, 2.24) is 15.0 Å². The number of guanidine groups is 1. The number of nitrogens with zero attached hydrogens (tertiary/aromatic N) is 4. The van der Waals surface area contributed by atoms with Gasteiger partial charge in [-0.15, -0.1) is 0 Å². The van der Waals surface area contributed by atoms with Crippen LogP contribution in [-0.4, -0.2) is 34.1 Å². The third-order valence-corrected chi connectivity index (χ3v) is 3.60. The normalized spacial score (nSPS) is 18.6. The van der Waals surface area contributed by atoms with Gasteiger partial charge in [-0.3, -0.25) is 0 Å². The molecule has 0 radical (unpaired) electrons. The lowest BCUT2D eigenvalue weighted by atomic mass is 9.97. The van der Waals surface area contributed by atoms with Crippen molar-refractivity contribution in [2.75, 3.05) is 13.1 Å². The molecular formula is C14H25N5O. The molecule has 20 heavy (non-hydrogen) atoms. The number of likely N-dealkylation sites (tertiary alicyclic amines) is 1. The second kappa shape index (κ2) is 5.81. The van der Waals surface area contributed by atoms with Crippen molar-refractivity contribution in [3.8, 4) is 0 Å². The van der Waals surface area contributed by atoms with E-state index in [1.165, 1.54) is 12.8 Å². The molecule has 0 spiro atoms. The maximum Gasteiger partial charge on any atom is 0.232 e. The van der Waals surface area contributed by atoms with Crippen LogP contribution >= 0.6 is 0 Å². The van der Waals surface area contributed by atoms with Gasteiger partial charge in [0.15, 0.2) is 11.8 Å². The summed E-state index contributed by atoms with van der Waals surface area (Å²) in [6.45, 7) is 10.7. The Labute approximate surface area is 120 Å². The molecule has 112 valence electrons. The van der Waals surface area contributed by atoms with Gasteiger partial charge in [-0.1, -0.05) is 32.9 Å². The van der Waals surface area contributed by atoms with E-state index >= 15 is 0 Å². The fourth-order valence-electron chi connectivity index (χ4n) is 2.11. The van der Waals surface area contributed by atoms with Gasteiger partial charge in [0.25, 0.3) is 0 Å². The minimum atomic E-state index is -0.135. The lowest BCUT2D eigenvalue weighted by Gasteiger charge is -2.30. The van der Waals surface area contributed by atoms with Crippen LogP contribution in [0.3, 0.4) is 0 Å². The molecule has 1 aromatic heterocycles. The summed E-state index contributed by atoms with van der Waals surface area (Å²) in [7, 11) is 0. The van der Waals surface area contributed by atoms with Gasteiger partial charge in [0.2, 0.25) is 5.89 Å². The van der Waals surface area contributed by atoms with Crippen LogP contribution in [0.2, 0.25) is 0 Å². The molecule has 1 aliphatic rings. The highest BCUT2D eigenvalue weighted by Crippen LogP contribution is 2.20. The second-order valence-corrected chi connectivity index (χ2v) is 6.61. The molecule has 2 heterocycles. The van der Waals surface area contributed by atoms with E-state index in [1.54, 1.807) is 0 Å². The molecule has 0 unspecified atom stereocenters. The molecule has 0 bridgehead atoms. The second-order valence-electron chi connectivity index (χ2n) is 6.61. The summed E-state index contributed by atoms with van der Waals surface area (Å²) in [5.74, 6) is 2.58. The topological polar surface area (TPSA) is 80.5 Å². The molecule has 2 rings (SSSR count). The summed E-state index contributed by atoms with van der Waals surface area (Å²) in [6.07, 6.45) is 2.35. The molecule has 0 aromatic carbocycles. The van der Waals surface area contributed by atoms with Crippen molar-refractivity contribution in [3.63, 3.8) is 0 Å². The fourth-order valence-corrected chi connectivity index (χ4v) is 2.11. The van der Waals surface area contributed by atoms with Crippen LogP contribution in [0.4, 0.5) is 0 Å². The Morgan fingerprint density at radius 3 is 2.60 bits per heavy atom. The predicted octanol–water partition coefficient (Wildman–Crippen LogP) is 1.91. The van der Waals surface area contributed by atoms with E-state index in [-0.39, 0.29) is 5.41 Å². The van der Waals surface area contributed by atoms with Crippen LogP contribution in [0.25, 0.3) is 0 Å². The number of hydrogen-bond acceptors (Lipinski definition) is 4. The number of hydrogen-bond donors (Lipinski definition) is 1. The third kappa shape index (κ3) is 3.71. The molecule has 1 saturated heterocycles. The Balaban J connectivity index is 1.93. The van der Waals surface area contributed by atoms with Crippen molar-refractivity contribution in [2.45, 2.75) is 52.5 Å². The minimum absolute atomic E-state index is 0.135. The molecule has 0 saturated carbocycles. The first-order chi connectivity index (χ1) is 9.36. The van der Waals surface area contributed by atoms with Crippen molar-refractivity contribution < 1.29 is 4.52 Å². The highest BCUT2D eigenvalue weighted by Gasteiger charge is 2.22. The van der Waals surface area contributed by atoms with Gasteiger partial charge >= 0.3 is 0 Å². The van der Waals surface area contributed by atoms with Gasteiger partial charge in [-0.25, -0.2) is 4.99 Å². The summed E-state index contributed by atoms with van der Waals surface area (Å²) >= 11 is 0. The SMILES string of the molecule is CC1CCN(C(N)=NCc2noc(C(C)(C)C)n2)CC1. The molecule has 6 heteroatoms. The molecule has 2 N–H and O–H groups in total. The monoisotopic (exact) mass is 279 g/mol. The highest BCUT2D eigenvalue weighted by atomic mass is 16.5. The van der Waals surface area contributed by atoms with E-state index in [9.17, 15) is 0 Å². The zero-order valence-electron chi connectivity index (χ0n) is 12.9. The van der Waals surface area contributed by atoms with E-state index in [0.29, 0.717) is 24.2 Å². The van der Waals surface area contributed by atoms with Gasteiger partial charge in [-0.2, -0.15) is 4.98 Å². The highest BCUT2D eigenvalue weighted by molar-refractivity contribution is 5.78. The molecule has 1 fully saturated rings. The Hall–Kier alpha value is -1.59. The minimum Gasteiger partial charge on any atom is -0.370 e. The average molecular weight is 279 g/mol. The van der Waals surface area contributed by atoms with Crippen LogP contribution in [-0.2, 0) is 12.0 Å². The first-order valence-corrected chi connectivity index (χ1v) is 7.24. The van der Waals surface area contributed by atoms with Gasteiger partial charge in [-0.05, 0) is 18.8 Å². The first kappa shape index (κ1) is 14.8. The molecule has 1 aliphatic heterocycles. The van der Waals surface area contributed by atoms with E-state index in [4.69, 9.17) is 10.3 Å². The van der Waals surface area contributed by atoms with E-state index < -0.39 is 0 Å². The smallest absolute Gasteiger partial charge is 0.232 e. The summed E-state index contributed by atoms with van der Waals surface area (Å²) in [6, 6.07) is 0. The van der Waals surface area contributed by atoms with Crippen LogP contribution in [0.15, 0.2) is 9.52 Å². The van der Waals surface area contributed by atoms with Crippen molar-refractivity contribution in [3.05, 3.63) is 11.7 Å². The Morgan fingerprint density at radius 2 is 2.05 bits per heavy atom. The average Bonchev–Trinajstić information content (AvgIpc) is 2.85. The van der Waals surface area contributed by atoms with Crippen LogP contribution in [0, 0.1) is 5.92 Å². The zero-order valence-corrected chi connectivity index (χ0v) is 12.9. The molecule has 0 atom stereocenters. The number of rotatable bonds is 2. The number of aromatic nitrogens is 2. The van der Waals surface area contributed by atoms with E-state index in [1.807, 2.05) is 20.8 Å². The summed E-state index contributed by atoms with van der Waals surface area (Å²) in [5, 5.41) is 3.94. The van der Waals surface area contributed by atoms with Crippen molar-refractivity contribution in [1.29, 1.82) is 0 Å². The Kier molecular flexibility index (Phi) is 4.30. The van der Waals surface area contributed by atoms with Crippen LogP contribution in [0.5, 0.6) is 0 Å². The van der Waals surface area contributed by atoms with Gasteiger partial charge in [0, 0.05) is 18.5 Å². The summed E-state index contributed by atoms with van der Waals surface area (Å²) in [4.78, 5) is 10.9. The maximum atomic E-state index is 6.02. The number of nitrogens with two attached hydrogens (primary N) is 1. The Bertz CT molecular complexity index is 466. The molecule has 6 nitrogen and oxygen atoms in total. The van der Waals surface area contributed by atoms with Crippen LogP contribution in [0.1, 0.15) is 52.3 Å². The quantitative estimate of drug-likeness (QED) is 0.660. The van der Waals surface area contributed by atoms with E-state index in [2.05, 4.69) is 27.0 Å². The van der Waals surface area contributed by atoms with E-state index in [0.717, 1.165) is 19.0 Å². The molecule has 0 amide bonds. The Morgan fingerprint density at radius 1 is 1.40 bits per heavy atom. The lowest BCUT2D eigenvalue weighted by Crippen LogP contribution is -2.42.